The Morgan fingerprint density at radius 2 is 1.83 bits per heavy atom. The van der Waals surface area contributed by atoms with Crippen molar-refractivity contribution >= 4 is 24.0 Å². The lowest BCUT2D eigenvalue weighted by atomic mass is 9.80. The van der Waals surface area contributed by atoms with Crippen LogP contribution >= 0.6 is 0 Å². The van der Waals surface area contributed by atoms with E-state index in [0.29, 0.717) is 12.8 Å². The van der Waals surface area contributed by atoms with E-state index in [4.69, 9.17) is 0 Å². The largest absolute Gasteiger partial charge is 0.273 e. The third-order valence-electron chi connectivity index (χ3n) is 6.96. The maximum absolute atomic E-state index is 15.8. The summed E-state index contributed by atoms with van der Waals surface area (Å²) >= 11 is 0. The molecule has 2 aliphatic rings. The molecule has 1 aliphatic heterocycles. The highest BCUT2D eigenvalue weighted by atomic mass is 32.2. The lowest BCUT2D eigenvalue weighted by Gasteiger charge is -2.41. The van der Waals surface area contributed by atoms with Gasteiger partial charge in [0.1, 0.15) is 13.5 Å². The number of allylic oxidation sites excluding steroid dienone is 1. The third-order valence-corrected chi connectivity index (χ3v) is 11.2. The van der Waals surface area contributed by atoms with E-state index in [1.807, 2.05) is 6.92 Å². The monoisotopic (exact) mass is 455 g/mol. The second-order valence-corrected chi connectivity index (χ2v) is 16.8. The fraction of sp³-hybridized carbons (Fsp3) is 0.591. The van der Waals surface area contributed by atoms with Gasteiger partial charge >= 0.3 is 0 Å². The molecule has 1 aromatic carbocycles. The van der Waals surface area contributed by atoms with Crippen molar-refractivity contribution in [2.75, 3.05) is 0 Å². The zero-order valence-corrected chi connectivity index (χ0v) is 20.2. The molecule has 1 saturated carbocycles. The van der Waals surface area contributed by atoms with E-state index in [2.05, 4.69) is 6.58 Å². The normalized spacial score (nSPS) is 29.5. The van der Waals surface area contributed by atoms with Crippen LogP contribution in [-0.4, -0.2) is 37.8 Å². The topological polar surface area (TPSA) is 54.5 Å². The number of sulfonamides is 1. The zero-order valence-electron chi connectivity index (χ0n) is 18.3. The first-order valence-corrected chi connectivity index (χ1v) is 15.3. The number of aryl methyl sites for hydroxylation is 1. The fourth-order valence-electron chi connectivity index (χ4n) is 5.03. The van der Waals surface area contributed by atoms with Crippen LogP contribution in [0.5, 0.6) is 0 Å². The number of rotatable bonds is 7. The van der Waals surface area contributed by atoms with Gasteiger partial charge in [-0.05, 0) is 50.7 Å². The van der Waals surface area contributed by atoms with Gasteiger partial charge in [0, 0.05) is 0 Å². The average molecular weight is 456 g/mol. The Morgan fingerprint density at radius 3 is 2.30 bits per heavy atom. The van der Waals surface area contributed by atoms with Crippen LogP contribution in [-0.2, 0) is 14.8 Å². The number of amides is 1. The Balaban J connectivity index is 2.20. The lowest BCUT2D eigenvalue weighted by Crippen LogP contribution is -2.60. The number of benzene rings is 1. The van der Waals surface area contributed by atoms with Crippen molar-refractivity contribution in [3.63, 3.8) is 0 Å². The van der Waals surface area contributed by atoms with Crippen LogP contribution in [0.2, 0.25) is 19.6 Å². The number of hydrogen-bond donors (Lipinski definition) is 0. The maximum Gasteiger partial charge on any atom is 0.267 e. The van der Waals surface area contributed by atoms with Crippen molar-refractivity contribution in [1.29, 1.82) is 0 Å². The van der Waals surface area contributed by atoms with Gasteiger partial charge in [0.05, 0.1) is 10.4 Å². The van der Waals surface area contributed by atoms with Crippen molar-refractivity contribution < 1.29 is 22.0 Å². The van der Waals surface area contributed by atoms with Gasteiger partial charge in [-0.2, -0.15) is 0 Å². The molecule has 0 bridgehead atoms. The molecule has 0 radical (unpaired) electrons. The van der Waals surface area contributed by atoms with Crippen LogP contribution in [0.1, 0.15) is 38.2 Å². The second kappa shape index (κ2) is 6.98. The molecule has 2 fully saturated rings. The minimum Gasteiger partial charge on any atom is -0.273 e. The van der Waals surface area contributed by atoms with Crippen molar-refractivity contribution in [3.05, 3.63) is 42.5 Å². The summed E-state index contributed by atoms with van der Waals surface area (Å²) in [5.41, 5.74) is -5.45. The quantitative estimate of drug-likeness (QED) is 0.421. The number of carbonyl (C=O) groups is 1. The molecule has 8 heteroatoms. The van der Waals surface area contributed by atoms with Gasteiger partial charge in [0.15, 0.2) is 0 Å². The Labute approximate surface area is 179 Å². The molecule has 3 rings (SSSR count). The molecule has 1 saturated heterocycles. The first-order chi connectivity index (χ1) is 13.7. The van der Waals surface area contributed by atoms with Crippen LogP contribution in [0.3, 0.4) is 0 Å². The van der Waals surface area contributed by atoms with Crippen LogP contribution in [0, 0.1) is 18.3 Å². The Morgan fingerprint density at radius 1 is 1.27 bits per heavy atom. The number of alkyl halides is 2. The summed E-state index contributed by atoms with van der Waals surface area (Å²) in [6.07, 6.45) is 2.34. The van der Waals surface area contributed by atoms with E-state index in [1.165, 1.54) is 31.8 Å². The Bertz CT molecular complexity index is 971. The van der Waals surface area contributed by atoms with Crippen LogP contribution in [0.25, 0.3) is 0 Å². The van der Waals surface area contributed by atoms with Gasteiger partial charge in [-0.15, -0.1) is 6.58 Å². The summed E-state index contributed by atoms with van der Waals surface area (Å²) in [6.45, 7) is 11.7. The number of nitrogens with zero attached hydrogens (tertiary/aromatic N) is 1. The molecule has 0 N–H and O–H groups in total. The number of hydrogen-bond acceptors (Lipinski definition) is 3. The van der Waals surface area contributed by atoms with Gasteiger partial charge in [0.25, 0.3) is 10.0 Å². The standard InChI is InChI=1S/C22H31F2NO3SSi/c1-7-9-17-14-21(17)15-20(8-2,22(23,24)30(4,5)6)19(26)25(21)29(27,28)18-12-10-16(3)11-13-18/h7,10-13,17H,1,8-9,14-15H2,2-6H3/t17-,20?,21?/m1/s1. The van der Waals surface area contributed by atoms with Crippen molar-refractivity contribution in [2.45, 2.75) is 75.2 Å². The molecular formula is C22H31F2NO3SSi. The van der Waals surface area contributed by atoms with Crippen LogP contribution in [0.15, 0.2) is 41.8 Å². The Kier molecular flexibility index (Phi) is 5.38. The van der Waals surface area contributed by atoms with E-state index < -0.39 is 40.5 Å². The van der Waals surface area contributed by atoms with Crippen molar-refractivity contribution in [1.82, 2.24) is 4.31 Å². The molecule has 1 spiro atoms. The van der Waals surface area contributed by atoms with Crippen molar-refractivity contribution in [2.24, 2.45) is 11.3 Å². The van der Waals surface area contributed by atoms with Gasteiger partial charge in [-0.3, -0.25) is 4.79 Å². The molecule has 2 unspecified atom stereocenters. The van der Waals surface area contributed by atoms with Gasteiger partial charge < -0.3 is 0 Å². The van der Waals surface area contributed by atoms with Gasteiger partial charge in [0.2, 0.25) is 11.5 Å². The smallest absolute Gasteiger partial charge is 0.267 e. The van der Waals surface area contributed by atoms with Gasteiger partial charge in [-0.1, -0.05) is 50.3 Å². The lowest BCUT2D eigenvalue weighted by molar-refractivity contribution is -0.146. The number of carbonyl (C=O) groups excluding carboxylic acids is 1. The van der Waals surface area contributed by atoms with Crippen LogP contribution in [0.4, 0.5) is 8.78 Å². The maximum atomic E-state index is 15.8. The van der Waals surface area contributed by atoms with E-state index in [9.17, 15) is 13.2 Å². The summed E-state index contributed by atoms with van der Waals surface area (Å²) in [5, 5.41) is 0. The third kappa shape index (κ3) is 3.01. The summed E-state index contributed by atoms with van der Waals surface area (Å²) in [4.78, 5) is 13.7. The highest BCUT2D eigenvalue weighted by molar-refractivity contribution is 7.89. The molecule has 3 atom stereocenters. The van der Waals surface area contributed by atoms with E-state index >= 15 is 8.78 Å². The molecular weight excluding hydrogens is 424 g/mol. The summed E-state index contributed by atoms with van der Waals surface area (Å²) in [5.74, 6) is -1.12. The minimum atomic E-state index is -4.26. The fourth-order valence-corrected chi connectivity index (χ4v) is 8.69. The molecule has 4 nitrogen and oxygen atoms in total. The van der Waals surface area contributed by atoms with Crippen molar-refractivity contribution in [3.8, 4) is 0 Å². The molecule has 166 valence electrons. The highest BCUT2D eigenvalue weighted by Gasteiger charge is 2.79. The molecule has 1 heterocycles. The second-order valence-electron chi connectivity index (χ2n) is 9.85. The molecule has 1 aliphatic carbocycles. The Hall–Kier alpha value is -1.54. The van der Waals surface area contributed by atoms with E-state index in [-0.39, 0.29) is 23.7 Å². The first-order valence-electron chi connectivity index (χ1n) is 10.4. The molecule has 1 amide bonds. The SMILES string of the molecule is C=CC[C@@H]1CC12CC(CC)(C(F)(F)[Si](C)(C)C)C(=O)N2S(=O)(=O)c1ccc(C)cc1. The molecule has 0 aromatic heterocycles. The highest BCUT2D eigenvalue weighted by Crippen LogP contribution is 2.67. The minimum absolute atomic E-state index is 0.0340. The molecule has 30 heavy (non-hydrogen) atoms. The van der Waals surface area contributed by atoms with Gasteiger partial charge in [-0.25, -0.2) is 21.5 Å². The van der Waals surface area contributed by atoms with E-state index in [0.717, 1.165) is 9.87 Å². The van der Waals surface area contributed by atoms with Crippen LogP contribution < -0.4 is 0 Å². The van der Waals surface area contributed by atoms with E-state index in [1.54, 1.807) is 25.1 Å². The average Bonchev–Trinajstić information content (AvgIpc) is 3.22. The first kappa shape index (κ1) is 23.1. The predicted molar refractivity (Wildman–Crippen MR) is 116 cm³/mol. The molecule has 1 aromatic rings. The summed E-state index contributed by atoms with van der Waals surface area (Å²) < 4.78 is 59.7. The zero-order chi connectivity index (χ0) is 22.8. The predicted octanol–water partition coefficient (Wildman–Crippen LogP) is 5.16. The summed E-state index contributed by atoms with van der Waals surface area (Å²) in [7, 11) is -7.39. The number of halogens is 2. The summed E-state index contributed by atoms with van der Waals surface area (Å²) in [6, 6.07) is 6.19.